The van der Waals surface area contributed by atoms with Crippen molar-refractivity contribution in [2.24, 2.45) is 0 Å². The van der Waals surface area contributed by atoms with Crippen LogP contribution in [0.1, 0.15) is 44.2 Å². The zero-order chi connectivity index (χ0) is 18.6. The van der Waals surface area contributed by atoms with Crippen molar-refractivity contribution in [1.82, 2.24) is 24.6 Å². The molecule has 1 saturated heterocycles. The number of H-pyrrole nitrogens is 1. The van der Waals surface area contributed by atoms with Gasteiger partial charge in [0.05, 0.1) is 0 Å². The van der Waals surface area contributed by atoms with Crippen LogP contribution in [0.25, 0.3) is 5.65 Å². The fourth-order valence-corrected chi connectivity index (χ4v) is 3.75. The summed E-state index contributed by atoms with van der Waals surface area (Å²) in [7, 11) is 0. The van der Waals surface area contributed by atoms with Crippen LogP contribution in [0, 0.1) is 0 Å². The van der Waals surface area contributed by atoms with E-state index in [1.54, 1.807) is 11.8 Å². The largest absolute Gasteiger partial charge is 0.480 e. The lowest BCUT2D eigenvalue weighted by atomic mass is 10.00. The number of nitrogens with zero attached hydrogens (tertiary/aromatic N) is 5. The molecule has 2 aliphatic rings. The molecule has 1 saturated carbocycles. The Morgan fingerprint density at radius 3 is 3.04 bits per heavy atom. The van der Waals surface area contributed by atoms with Crippen LogP contribution in [0.3, 0.4) is 0 Å². The van der Waals surface area contributed by atoms with Crippen molar-refractivity contribution in [3.05, 3.63) is 30.1 Å². The van der Waals surface area contributed by atoms with E-state index in [4.69, 9.17) is 0 Å². The molecule has 27 heavy (non-hydrogen) atoms. The van der Waals surface area contributed by atoms with Gasteiger partial charge in [-0.1, -0.05) is 0 Å². The lowest BCUT2D eigenvalue weighted by Crippen LogP contribution is -2.49. The predicted molar refractivity (Wildman–Crippen MR) is 99.5 cm³/mol. The van der Waals surface area contributed by atoms with Crippen molar-refractivity contribution in [2.75, 3.05) is 16.8 Å². The third-order valence-corrected chi connectivity index (χ3v) is 5.57. The molecule has 3 N–H and O–H groups in total. The maximum absolute atomic E-state index is 11.8. The molecular weight excluding hydrogens is 346 g/mol. The smallest absolute Gasteiger partial charge is 0.329 e. The minimum Gasteiger partial charge on any atom is -0.480 e. The molecule has 3 aromatic heterocycles. The molecule has 0 aromatic carbocycles. The maximum Gasteiger partial charge on any atom is 0.329 e. The molecule has 140 valence electrons. The molecule has 1 atom stereocenters. The standard InChI is InChI=1S/C18H21N7O2/c1-18(15(26)27)7-3-9-25(18)17-20-14-4-2-8-24(14)16(21-17)19-13-10-12(22-23-13)11-5-6-11/h2,4,8,10-11H,3,5-7,9H2,1H3,(H,26,27)(H2,19,20,21,22,23)/t18-/m0/s1. The van der Waals surface area contributed by atoms with Gasteiger partial charge in [0, 0.05) is 30.4 Å². The van der Waals surface area contributed by atoms with E-state index in [0.717, 1.165) is 12.1 Å². The summed E-state index contributed by atoms with van der Waals surface area (Å²) in [6, 6.07) is 5.77. The number of aliphatic carboxylic acids is 1. The van der Waals surface area contributed by atoms with E-state index >= 15 is 0 Å². The van der Waals surface area contributed by atoms with Crippen molar-refractivity contribution in [3.63, 3.8) is 0 Å². The van der Waals surface area contributed by atoms with E-state index in [0.29, 0.717) is 42.2 Å². The number of aromatic nitrogens is 5. The SMILES string of the molecule is C[C@@]1(C(=O)O)CCCN1c1nc(Nc2cc(C3CC3)[nH]n2)n2cccc2n1. The first kappa shape index (κ1) is 16.1. The summed E-state index contributed by atoms with van der Waals surface area (Å²) in [5, 5.41) is 20.4. The molecule has 0 radical (unpaired) electrons. The average Bonchev–Trinajstić information content (AvgIpc) is 3.05. The summed E-state index contributed by atoms with van der Waals surface area (Å²) in [6.45, 7) is 2.35. The number of carbonyl (C=O) groups is 1. The first-order valence-electron chi connectivity index (χ1n) is 9.23. The molecule has 1 aliphatic heterocycles. The molecular formula is C18H21N7O2. The van der Waals surface area contributed by atoms with Gasteiger partial charge in [0.1, 0.15) is 11.2 Å². The zero-order valence-electron chi connectivity index (χ0n) is 15.0. The third kappa shape index (κ3) is 2.61. The fourth-order valence-electron chi connectivity index (χ4n) is 3.75. The van der Waals surface area contributed by atoms with Gasteiger partial charge >= 0.3 is 5.97 Å². The summed E-state index contributed by atoms with van der Waals surface area (Å²) >= 11 is 0. The molecule has 3 aromatic rings. The first-order valence-corrected chi connectivity index (χ1v) is 9.23. The second-order valence-corrected chi connectivity index (χ2v) is 7.53. The topological polar surface area (TPSA) is 111 Å². The van der Waals surface area contributed by atoms with Crippen LogP contribution in [-0.2, 0) is 4.79 Å². The molecule has 0 bridgehead atoms. The number of nitrogens with one attached hydrogen (secondary N) is 2. The highest BCUT2D eigenvalue weighted by atomic mass is 16.4. The highest BCUT2D eigenvalue weighted by Crippen LogP contribution is 2.39. The third-order valence-electron chi connectivity index (χ3n) is 5.57. The Labute approximate surface area is 155 Å². The van der Waals surface area contributed by atoms with Gasteiger partial charge in [-0.05, 0) is 44.7 Å². The quantitative estimate of drug-likeness (QED) is 0.635. The molecule has 5 rings (SSSR count). The van der Waals surface area contributed by atoms with Gasteiger partial charge < -0.3 is 15.3 Å². The number of rotatable bonds is 5. The van der Waals surface area contributed by atoms with Gasteiger partial charge in [-0.3, -0.25) is 9.50 Å². The van der Waals surface area contributed by atoms with E-state index < -0.39 is 11.5 Å². The summed E-state index contributed by atoms with van der Waals surface area (Å²) < 4.78 is 1.84. The normalized spacial score (nSPS) is 22.5. The van der Waals surface area contributed by atoms with Crippen molar-refractivity contribution in [1.29, 1.82) is 0 Å². The average molecular weight is 367 g/mol. The Kier molecular flexibility index (Phi) is 3.40. The van der Waals surface area contributed by atoms with Crippen molar-refractivity contribution in [3.8, 4) is 0 Å². The molecule has 2 fully saturated rings. The van der Waals surface area contributed by atoms with Gasteiger partial charge in [-0.25, -0.2) is 4.79 Å². The van der Waals surface area contributed by atoms with Crippen molar-refractivity contribution < 1.29 is 9.90 Å². The Bertz CT molecular complexity index is 1020. The zero-order valence-corrected chi connectivity index (χ0v) is 15.0. The second-order valence-electron chi connectivity index (χ2n) is 7.53. The highest BCUT2D eigenvalue weighted by Gasteiger charge is 2.45. The van der Waals surface area contributed by atoms with Crippen LogP contribution in [0.15, 0.2) is 24.4 Å². The number of aromatic amines is 1. The molecule has 4 heterocycles. The van der Waals surface area contributed by atoms with Gasteiger partial charge in [-0.15, -0.1) is 0 Å². The minimum absolute atomic E-state index is 0.420. The monoisotopic (exact) mass is 367 g/mol. The van der Waals surface area contributed by atoms with E-state index in [9.17, 15) is 9.90 Å². The number of fused-ring (bicyclic) bond motifs is 1. The molecule has 9 nitrogen and oxygen atoms in total. The number of carboxylic acid groups (broad SMARTS) is 1. The Morgan fingerprint density at radius 2 is 2.26 bits per heavy atom. The first-order chi connectivity index (χ1) is 13.0. The summed E-state index contributed by atoms with van der Waals surface area (Å²) in [4.78, 5) is 22.9. The van der Waals surface area contributed by atoms with Crippen LogP contribution < -0.4 is 10.2 Å². The molecule has 1 aliphatic carbocycles. The highest BCUT2D eigenvalue weighted by molar-refractivity contribution is 5.83. The molecule has 0 unspecified atom stereocenters. The minimum atomic E-state index is -0.992. The molecule has 0 spiro atoms. The summed E-state index contributed by atoms with van der Waals surface area (Å²) in [5.41, 5.74) is 0.849. The van der Waals surface area contributed by atoms with Gasteiger partial charge in [-0.2, -0.15) is 15.1 Å². The van der Waals surface area contributed by atoms with E-state index in [2.05, 4.69) is 25.5 Å². The Morgan fingerprint density at radius 1 is 1.41 bits per heavy atom. The van der Waals surface area contributed by atoms with Crippen LogP contribution in [0.5, 0.6) is 0 Å². The number of hydrogen-bond donors (Lipinski definition) is 3. The summed E-state index contributed by atoms with van der Waals surface area (Å²) in [6.07, 6.45) is 5.64. The lowest BCUT2D eigenvalue weighted by molar-refractivity contribution is -0.142. The number of anilines is 3. The van der Waals surface area contributed by atoms with Crippen LogP contribution in [0.4, 0.5) is 17.7 Å². The van der Waals surface area contributed by atoms with Crippen molar-refractivity contribution >= 4 is 29.3 Å². The van der Waals surface area contributed by atoms with E-state index in [1.807, 2.05) is 28.8 Å². The predicted octanol–water partition coefficient (Wildman–Crippen LogP) is 2.52. The molecule has 0 amide bonds. The molecule has 9 heteroatoms. The van der Waals surface area contributed by atoms with Crippen LogP contribution >= 0.6 is 0 Å². The van der Waals surface area contributed by atoms with Crippen LogP contribution in [-0.4, -0.2) is 47.7 Å². The Hall–Kier alpha value is -3.10. The summed E-state index contributed by atoms with van der Waals surface area (Å²) in [5.74, 6) is 1.41. The second kappa shape index (κ2) is 5.70. The van der Waals surface area contributed by atoms with E-state index in [1.165, 1.54) is 12.8 Å². The van der Waals surface area contributed by atoms with Crippen molar-refractivity contribution in [2.45, 2.75) is 44.1 Å². The van der Waals surface area contributed by atoms with Gasteiger partial charge in [0.15, 0.2) is 5.82 Å². The number of carboxylic acids is 1. The van der Waals surface area contributed by atoms with Gasteiger partial charge in [0.25, 0.3) is 0 Å². The van der Waals surface area contributed by atoms with Crippen LogP contribution in [0.2, 0.25) is 0 Å². The lowest BCUT2D eigenvalue weighted by Gasteiger charge is -2.31. The fraction of sp³-hybridized carbons (Fsp3) is 0.444. The van der Waals surface area contributed by atoms with Gasteiger partial charge in [0.2, 0.25) is 11.9 Å². The number of hydrogen-bond acceptors (Lipinski definition) is 6. The maximum atomic E-state index is 11.8. The van der Waals surface area contributed by atoms with E-state index in [-0.39, 0.29) is 0 Å². The Balaban J connectivity index is 1.53.